The fourth-order valence-electron chi connectivity index (χ4n) is 7.22. The van der Waals surface area contributed by atoms with E-state index < -0.39 is 35.4 Å². The number of aliphatic hydroxyl groups excluding tert-OH is 1. The molecule has 0 saturated carbocycles. The summed E-state index contributed by atoms with van der Waals surface area (Å²) in [5.74, 6) is -0.489. The number of likely N-dealkylation sites (tertiary alicyclic amines) is 1. The van der Waals surface area contributed by atoms with E-state index in [1.165, 1.54) is 4.90 Å². The second-order valence-electron chi connectivity index (χ2n) is 16.9. The molecule has 1 unspecified atom stereocenters. The zero-order chi connectivity index (χ0) is 44.9. The zero-order valence-electron chi connectivity index (χ0n) is 37.1. The molecular formula is C48H60N6O8S. The van der Waals surface area contributed by atoms with Crippen LogP contribution in [0.5, 0.6) is 5.75 Å². The summed E-state index contributed by atoms with van der Waals surface area (Å²) in [7, 11) is 4.05. The molecule has 2 aromatic heterocycles. The van der Waals surface area contributed by atoms with Gasteiger partial charge < -0.3 is 44.5 Å². The van der Waals surface area contributed by atoms with Gasteiger partial charge in [-0.25, -0.2) is 9.97 Å². The molecule has 3 amide bonds. The molecule has 3 heterocycles. The number of aliphatic hydroxyl groups is 1. The lowest BCUT2D eigenvalue weighted by Gasteiger charge is -2.35. The Hall–Kier alpha value is -5.45. The Morgan fingerprint density at radius 1 is 0.889 bits per heavy atom. The van der Waals surface area contributed by atoms with E-state index >= 15 is 0 Å². The van der Waals surface area contributed by atoms with Crippen LogP contribution in [-0.2, 0) is 35.1 Å². The first-order valence-corrected chi connectivity index (χ1v) is 22.2. The van der Waals surface area contributed by atoms with Crippen LogP contribution >= 0.6 is 11.3 Å². The van der Waals surface area contributed by atoms with E-state index in [9.17, 15) is 19.5 Å². The quantitative estimate of drug-likeness (QED) is 0.0738. The van der Waals surface area contributed by atoms with E-state index in [1.54, 1.807) is 11.3 Å². The lowest BCUT2D eigenvalue weighted by Crippen LogP contribution is -2.58. The highest BCUT2D eigenvalue weighted by molar-refractivity contribution is 7.13. The van der Waals surface area contributed by atoms with Crippen molar-refractivity contribution in [3.8, 4) is 27.4 Å². The van der Waals surface area contributed by atoms with Gasteiger partial charge in [0.1, 0.15) is 24.4 Å². The van der Waals surface area contributed by atoms with E-state index in [0.717, 1.165) is 55.3 Å². The van der Waals surface area contributed by atoms with E-state index in [-0.39, 0.29) is 45.2 Å². The number of thiazole rings is 1. The zero-order valence-corrected chi connectivity index (χ0v) is 37.9. The van der Waals surface area contributed by atoms with Crippen LogP contribution in [0.3, 0.4) is 0 Å². The predicted octanol–water partition coefficient (Wildman–Crippen LogP) is 6.03. The van der Waals surface area contributed by atoms with E-state index in [4.69, 9.17) is 23.9 Å². The number of benzene rings is 3. The molecule has 63 heavy (non-hydrogen) atoms. The van der Waals surface area contributed by atoms with Gasteiger partial charge in [-0.05, 0) is 59.9 Å². The summed E-state index contributed by atoms with van der Waals surface area (Å²) in [6.07, 6.45) is -0.0438. The molecule has 1 saturated heterocycles. The van der Waals surface area contributed by atoms with Gasteiger partial charge in [0.15, 0.2) is 0 Å². The van der Waals surface area contributed by atoms with E-state index in [2.05, 4.69) is 50.8 Å². The minimum Gasteiger partial charge on any atom is -0.493 e. The summed E-state index contributed by atoms with van der Waals surface area (Å²) in [4.78, 5) is 53.9. The Morgan fingerprint density at radius 3 is 2.27 bits per heavy atom. The molecule has 1 aliphatic rings. The van der Waals surface area contributed by atoms with Gasteiger partial charge in [-0.2, -0.15) is 0 Å². The number of ether oxygens (including phenoxy) is 4. The van der Waals surface area contributed by atoms with Gasteiger partial charge in [0.25, 0.3) is 0 Å². The van der Waals surface area contributed by atoms with Crippen LogP contribution in [0.1, 0.15) is 44.9 Å². The summed E-state index contributed by atoms with van der Waals surface area (Å²) in [6, 6.07) is 24.4. The van der Waals surface area contributed by atoms with Gasteiger partial charge in [-0.1, -0.05) is 63.2 Å². The molecule has 0 aliphatic carbocycles. The maximum Gasteiger partial charge on any atom is 0.246 e. The average molecular weight is 881 g/mol. The molecule has 0 radical (unpaired) electrons. The molecule has 336 valence electrons. The number of nitrogens with zero attached hydrogens (tertiary/aromatic N) is 4. The first-order valence-electron chi connectivity index (χ1n) is 21.4. The topological polar surface area (TPSA) is 165 Å². The summed E-state index contributed by atoms with van der Waals surface area (Å²) < 4.78 is 22.8. The number of β-amino-alcohol motifs (C(OH)–C–C–N with tert-alkyl or cyclic N) is 1. The lowest BCUT2D eigenvalue weighted by atomic mass is 9.85. The number of rotatable bonds is 21. The van der Waals surface area contributed by atoms with Crippen molar-refractivity contribution in [1.82, 2.24) is 25.5 Å². The molecule has 0 bridgehead atoms. The number of anilines is 1. The molecule has 14 nitrogen and oxygen atoms in total. The highest BCUT2D eigenvalue weighted by Gasteiger charge is 2.44. The van der Waals surface area contributed by atoms with Gasteiger partial charge in [0, 0.05) is 63.3 Å². The van der Waals surface area contributed by atoms with Crippen molar-refractivity contribution < 1.29 is 38.4 Å². The molecule has 3 N–H and O–H groups in total. The van der Waals surface area contributed by atoms with Crippen molar-refractivity contribution in [2.45, 2.75) is 65.3 Å². The van der Waals surface area contributed by atoms with Crippen molar-refractivity contribution in [3.05, 3.63) is 95.6 Å². The summed E-state index contributed by atoms with van der Waals surface area (Å²) in [5.41, 5.74) is 8.09. The molecule has 3 aromatic carbocycles. The fraction of sp³-hybridized carbons (Fsp3) is 0.438. The summed E-state index contributed by atoms with van der Waals surface area (Å²) in [5, 5.41) is 17.3. The number of pyridine rings is 1. The van der Waals surface area contributed by atoms with Crippen molar-refractivity contribution in [2.75, 3.05) is 71.8 Å². The maximum atomic E-state index is 13.9. The third kappa shape index (κ3) is 13.3. The average Bonchev–Trinajstić information content (AvgIpc) is 3.89. The van der Waals surface area contributed by atoms with Crippen molar-refractivity contribution >= 4 is 45.6 Å². The van der Waals surface area contributed by atoms with Crippen LogP contribution in [0, 0.1) is 12.3 Å². The van der Waals surface area contributed by atoms with Crippen LogP contribution in [0.4, 0.5) is 5.69 Å². The van der Waals surface area contributed by atoms with Gasteiger partial charge in [0.2, 0.25) is 17.7 Å². The van der Waals surface area contributed by atoms with Crippen LogP contribution in [0.25, 0.3) is 32.6 Å². The highest BCUT2D eigenvalue weighted by atomic mass is 32.1. The monoisotopic (exact) mass is 880 g/mol. The Balaban J connectivity index is 0.835. The Morgan fingerprint density at radius 2 is 1.59 bits per heavy atom. The SMILES string of the molecule is Cc1ncsc1-c1ccc(CNC(=O)[C@@H]2C[C@@H](O)CN2C(=O)C(NC(=O)COCCOCCOCCCOc2ccc3nc(-c4ccc(N(C)C)cc4)ccc3c2)C(C)(C)C)cc1. The molecular weight excluding hydrogens is 821 g/mol. The Bertz CT molecular complexity index is 2280. The molecule has 15 heteroatoms. The van der Waals surface area contributed by atoms with Crippen molar-refractivity contribution in [3.63, 3.8) is 0 Å². The number of aromatic nitrogens is 2. The molecule has 6 rings (SSSR count). The number of aryl methyl sites for hydroxylation is 1. The van der Waals surface area contributed by atoms with E-state index in [0.29, 0.717) is 32.8 Å². The van der Waals surface area contributed by atoms with Crippen LogP contribution in [0.2, 0.25) is 0 Å². The number of amides is 3. The second kappa shape index (κ2) is 22.3. The van der Waals surface area contributed by atoms with Crippen LogP contribution in [0.15, 0.2) is 84.4 Å². The number of hydrogen-bond acceptors (Lipinski definition) is 12. The highest BCUT2D eigenvalue weighted by Crippen LogP contribution is 2.29. The van der Waals surface area contributed by atoms with E-state index in [1.807, 2.05) is 95.8 Å². The Labute approximate surface area is 373 Å². The first kappa shape index (κ1) is 47.0. The molecule has 1 fully saturated rings. The number of nitrogens with one attached hydrogen (secondary N) is 2. The second-order valence-corrected chi connectivity index (χ2v) is 17.8. The Kier molecular flexibility index (Phi) is 16.6. The van der Waals surface area contributed by atoms with Crippen molar-refractivity contribution in [1.29, 1.82) is 0 Å². The maximum absolute atomic E-state index is 13.9. The predicted molar refractivity (Wildman–Crippen MR) is 246 cm³/mol. The standard InChI is InChI=1S/C48H60N6O8S/c1-32-44(63-31-50-32)35-10-8-33(9-11-35)28-49-46(57)42-27-38(55)29-54(42)47(58)45(48(2,3)4)52-43(56)30-61-25-24-60-23-22-59-20-7-21-62-39-17-19-41-36(26-39)14-18-40(51-41)34-12-15-37(16-13-34)53(5)6/h8-19,26,31,38,42,45,55H,7,20-25,27-30H2,1-6H3,(H,49,57)(H,52,56)/t38-,42+,45?/m1/s1. The normalized spacial score (nSPS) is 15.6. The van der Waals surface area contributed by atoms with Gasteiger partial charge in [-0.15, -0.1) is 11.3 Å². The molecule has 5 aromatic rings. The van der Waals surface area contributed by atoms with Gasteiger partial charge >= 0.3 is 0 Å². The number of fused-ring (bicyclic) bond motifs is 1. The number of hydrogen-bond donors (Lipinski definition) is 3. The van der Waals surface area contributed by atoms with Gasteiger partial charge in [-0.3, -0.25) is 14.4 Å². The number of carbonyl (C=O) groups is 3. The van der Waals surface area contributed by atoms with Crippen LogP contribution < -0.4 is 20.3 Å². The smallest absolute Gasteiger partial charge is 0.246 e. The van der Waals surface area contributed by atoms with Gasteiger partial charge in [0.05, 0.1) is 66.4 Å². The van der Waals surface area contributed by atoms with Crippen molar-refractivity contribution in [2.24, 2.45) is 5.41 Å². The molecule has 1 aliphatic heterocycles. The number of carbonyl (C=O) groups excluding carboxylic acids is 3. The largest absolute Gasteiger partial charge is 0.493 e. The summed E-state index contributed by atoms with van der Waals surface area (Å²) >= 11 is 1.58. The lowest BCUT2D eigenvalue weighted by molar-refractivity contribution is -0.144. The third-order valence-corrected chi connectivity index (χ3v) is 11.7. The minimum absolute atomic E-state index is 0.00742. The molecule has 0 spiro atoms. The van der Waals surface area contributed by atoms with Crippen LogP contribution in [-0.4, -0.2) is 123 Å². The first-order chi connectivity index (χ1) is 30.3. The third-order valence-electron chi connectivity index (χ3n) is 10.7. The molecule has 3 atom stereocenters. The summed E-state index contributed by atoms with van der Waals surface area (Å²) in [6.45, 7) is 9.71. The minimum atomic E-state index is -0.952. The fourth-order valence-corrected chi connectivity index (χ4v) is 8.03.